The number of nitrogen functional groups attached to an aromatic ring is 1. The van der Waals surface area contributed by atoms with Gasteiger partial charge in [0.1, 0.15) is 17.8 Å². The molecule has 0 aliphatic heterocycles. The number of aromatic nitrogens is 3. The van der Waals surface area contributed by atoms with Crippen LogP contribution >= 0.6 is 0 Å². The molecule has 1 aliphatic rings. The van der Waals surface area contributed by atoms with Crippen LogP contribution in [0.1, 0.15) is 53.2 Å². The van der Waals surface area contributed by atoms with Crippen LogP contribution in [0.15, 0.2) is 61.1 Å². The molecular formula is C26H23N7O2. The van der Waals surface area contributed by atoms with E-state index in [4.69, 9.17) is 11.0 Å². The van der Waals surface area contributed by atoms with Crippen molar-refractivity contribution in [3.05, 3.63) is 77.7 Å². The van der Waals surface area contributed by atoms with E-state index < -0.39 is 6.03 Å². The number of nitrogens with two attached hydrogens (primary N) is 1. The van der Waals surface area contributed by atoms with Crippen LogP contribution in [0.3, 0.4) is 0 Å². The molecule has 1 fully saturated rings. The molecule has 9 nitrogen and oxygen atoms in total. The number of urea groups is 1. The standard InChI is InChI=1S/C26H23N7O2/c27-13-16-8-10-18(11-9-16)31-26(35)32-19-5-3-4-17(12-19)23(34)21-14-33(20-6-1-2-7-20)25-22(21)24(28)29-15-30-25/h3-5,8-12,14-15,20H,1-2,6-7H2,(H2,28,29,30)(H2,31,32,35). The summed E-state index contributed by atoms with van der Waals surface area (Å²) in [6.07, 6.45) is 7.63. The number of fused-ring (bicyclic) bond motifs is 1. The number of ketones is 1. The Hall–Kier alpha value is -4.71. The minimum Gasteiger partial charge on any atom is -0.383 e. The summed E-state index contributed by atoms with van der Waals surface area (Å²) >= 11 is 0. The van der Waals surface area contributed by atoms with Crippen LogP contribution in [0.4, 0.5) is 22.0 Å². The van der Waals surface area contributed by atoms with Gasteiger partial charge in [-0.3, -0.25) is 4.79 Å². The Kier molecular flexibility index (Phi) is 5.85. The fourth-order valence-corrected chi connectivity index (χ4v) is 4.56. The van der Waals surface area contributed by atoms with E-state index in [2.05, 4.69) is 25.2 Å². The second kappa shape index (κ2) is 9.27. The third-order valence-corrected chi connectivity index (χ3v) is 6.26. The van der Waals surface area contributed by atoms with Crippen LogP contribution < -0.4 is 16.4 Å². The Morgan fingerprint density at radius 3 is 2.51 bits per heavy atom. The summed E-state index contributed by atoms with van der Waals surface area (Å²) in [7, 11) is 0. The topological polar surface area (TPSA) is 139 Å². The lowest BCUT2D eigenvalue weighted by Gasteiger charge is -2.12. The van der Waals surface area contributed by atoms with Crippen LogP contribution in [0.25, 0.3) is 11.0 Å². The second-order valence-corrected chi connectivity index (χ2v) is 8.52. The number of carbonyl (C=O) groups excluding carboxylic acids is 2. The normalized spacial score (nSPS) is 13.5. The summed E-state index contributed by atoms with van der Waals surface area (Å²) in [6, 6.07) is 15.1. The molecule has 0 saturated heterocycles. The Labute approximate surface area is 201 Å². The molecule has 1 aliphatic carbocycles. The molecule has 2 heterocycles. The number of hydrogen-bond donors (Lipinski definition) is 3. The third kappa shape index (κ3) is 4.42. The van der Waals surface area contributed by atoms with E-state index in [9.17, 15) is 9.59 Å². The van der Waals surface area contributed by atoms with Crippen molar-refractivity contribution in [2.75, 3.05) is 16.4 Å². The summed E-state index contributed by atoms with van der Waals surface area (Å²) in [5.41, 5.74) is 9.21. The van der Waals surface area contributed by atoms with Crippen molar-refractivity contribution in [2.45, 2.75) is 31.7 Å². The Bertz CT molecular complexity index is 1460. The van der Waals surface area contributed by atoms with Gasteiger partial charge in [0.2, 0.25) is 0 Å². The summed E-state index contributed by atoms with van der Waals surface area (Å²) < 4.78 is 2.06. The number of anilines is 3. The van der Waals surface area contributed by atoms with Crippen molar-refractivity contribution < 1.29 is 9.59 Å². The first-order valence-electron chi connectivity index (χ1n) is 11.4. The fraction of sp³-hybridized carbons (Fsp3) is 0.192. The van der Waals surface area contributed by atoms with Gasteiger partial charge in [0, 0.05) is 29.2 Å². The van der Waals surface area contributed by atoms with E-state index in [1.165, 1.54) is 6.33 Å². The highest BCUT2D eigenvalue weighted by molar-refractivity contribution is 6.18. The highest BCUT2D eigenvalue weighted by Gasteiger charge is 2.25. The molecule has 1 saturated carbocycles. The SMILES string of the molecule is N#Cc1ccc(NC(=O)Nc2cccc(C(=O)c3cn(C4CCCC4)c4ncnc(N)c34)c2)cc1. The van der Waals surface area contributed by atoms with Gasteiger partial charge >= 0.3 is 6.03 Å². The molecule has 0 atom stereocenters. The monoisotopic (exact) mass is 465 g/mol. The molecule has 35 heavy (non-hydrogen) atoms. The molecule has 0 bridgehead atoms. The average Bonchev–Trinajstić information content (AvgIpc) is 3.53. The van der Waals surface area contributed by atoms with Gasteiger partial charge in [-0.2, -0.15) is 5.26 Å². The van der Waals surface area contributed by atoms with Crippen LogP contribution in [-0.2, 0) is 0 Å². The summed E-state index contributed by atoms with van der Waals surface area (Å²) in [4.78, 5) is 34.5. The Morgan fingerprint density at radius 2 is 1.77 bits per heavy atom. The van der Waals surface area contributed by atoms with Crippen LogP contribution in [0.2, 0.25) is 0 Å². The Balaban J connectivity index is 1.40. The van der Waals surface area contributed by atoms with Gasteiger partial charge in [0.15, 0.2) is 5.78 Å². The van der Waals surface area contributed by atoms with E-state index in [-0.39, 0.29) is 17.6 Å². The van der Waals surface area contributed by atoms with Crippen molar-refractivity contribution in [1.29, 1.82) is 5.26 Å². The lowest BCUT2D eigenvalue weighted by molar-refractivity contribution is 0.104. The molecule has 2 aromatic carbocycles. The Morgan fingerprint density at radius 1 is 1.03 bits per heavy atom. The maximum absolute atomic E-state index is 13.6. The maximum atomic E-state index is 13.6. The predicted octanol–water partition coefficient (Wildman–Crippen LogP) is 4.88. The van der Waals surface area contributed by atoms with E-state index in [1.807, 2.05) is 12.3 Å². The molecule has 2 aromatic heterocycles. The maximum Gasteiger partial charge on any atom is 0.323 e. The molecule has 4 aromatic rings. The number of amides is 2. The zero-order valence-electron chi connectivity index (χ0n) is 18.9. The molecule has 4 N–H and O–H groups in total. The van der Waals surface area contributed by atoms with Gasteiger partial charge in [-0.25, -0.2) is 14.8 Å². The van der Waals surface area contributed by atoms with Gasteiger partial charge in [0.25, 0.3) is 0 Å². The molecule has 5 rings (SSSR count). The van der Waals surface area contributed by atoms with Crippen molar-refractivity contribution in [3.8, 4) is 6.07 Å². The number of nitrogens with one attached hydrogen (secondary N) is 2. The van der Waals surface area contributed by atoms with Gasteiger partial charge < -0.3 is 20.9 Å². The highest BCUT2D eigenvalue weighted by Crippen LogP contribution is 2.35. The van der Waals surface area contributed by atoms with Gasteiger partial charge in [-0.1, -0.05) is 25.0 Å². The van der Waals surface area contributed by atoms with Gasteiger partial charge in [-0.05, 0) is 49.2 Å². The number of hydrogen-bond acceptors (Lipinski definition) is 6. The van der Waals surface area contributed by atoms with Gasteiger partial charge in [0.05, 0.1) is 22.6 Å². The van der Waals surface area contributed by atoms with Crippen molar-refractivity contribution in [3.63, 3.8) is 0 Å². The van der Waals surface area contributed by atoms with Crippen LogP contribution in [-0.4, -0.2) is 26.3 Å². The lowest BCUT2D eigenvalue weighted by atomic mass is 10.0. The largest absolute Gasteiger partial charge is 0.383 e. The van der Waals surface area contributed by atoms with Crippen molar-refractivity contribution in [2.24, 2.45) is 0 Å². The summed E-state index contributed by atoms with van der Waals surface area (Å²) in [5.74, 6) is 0.0515. The quantitative estimate of drug-likeness (QED) is 0.359. The number of rotatable bonds is 5. The van der Waals surface area contributed by atoms with E-state index in [0.717, 1.165) is 25.7 Å². The lowest BCUT2D eigenvalue weighted by Crippen LogP contribution is -2.19. The smallest absolute Gasteiger partial charge is 0.323 e. The van der Waals surface area contributed by atoms with Crippen molar-refractivity contribution in [1.82, 2.24) is 14.5 Å². The first-order valence-corrected chi connectivity index (χ1v) is 11.4. The third-order valence-electron chi connectivity index (χ3n) is 6.26. The molecule has 0 radical (unpaired) electrons. The number of benzene rings is 2. The van der Waals surface area contributed by atoms with Crippen molar-refractivity contribution >= 4 is 40.0 Å². The molecule has 174 valence electrons. The molecule has 2 amide bonds. The zero-order chi connectivity index (χ0) is 24.4. The predicted molar refractivity (Wildman–Crippen MR) is 133 cm³/mol. The number of carbonyl (C=O) groups is 2. The highest BCUT2D eigenvalue weighted by atomic mass is 16.2. The molecular weight excluding hydrogens is 442 g/mol. The number of nitrogens with zero attached hydrogens (tertiary/aromatic N) is 4. The zero-order valence-corrected chi connectivity index (χ0v) is 18.9. The van der Waals surface area contributed by atoms with E-state index in [1.54, 1.807) is 48.5 Å². The fourth-order valence-electron chi connectivity index (χ4n) is 4.56. The minimum absolute atomic E-state index is 0.218. The summed E-state index contributed by atoms with van der Waals surface area (Å²) in [6.45, 7) is 0. The minimum atomic E-state index is -0.463. The van der Waals surface area contributed by atoms with Crippen LogP contribution in [0.5, 0.6) is 0 Å². The van der Waals surface area contributed by atoms with Crippen LogP contribution in [0, 0.1) is 11.3 Å². The summed E-state index contributed by atoms with van der Waals surface area (Å²) in [5, 5.41) is 14.9. The first-order chi connectivity index (χ1) is 17.0. The first kappa shape index (κ1) is 22.1. The second-order valence-electron chi connectivity index (χ2n) is 8.52. The number of nitriles is 1. The van der Waals surface area contributed by atoms with E-state index in [0.29, 0.717) is 39.1 Å². The molecule has 0 unspecified atom stereocenters. The van der Waals surface area contributed by atoms with E-state index >= 15 is 0 Å². The molecule has 9 heteroatoms. The van der Waals surface area contributed by atoms with Gasteiger partial charge in [-0.15, -0.1) is 0 Å². The average molecular weight is 466 g/mol. The molecule has 0 spiro atoms.